The minimum Gasteiger partial charge on any atom is -0.433 e. The lowest BCUT2D eigenvalue weighted by Gasteiger charge is -2.18. The Kier molecular flexibility index (Phi) is 5.71. The fourth-order valence-electron chi connectivity index (χ4n) is 4.97. The van der Waals surface area contributed by atoms with E-state index in [4.69, 9.17) is 24.4 Å². The van der Waals surface area contributed by atoms with Crippen LogP contribution < -0.4 is 0 Å². The Morgan fingerprint density at radius 1 is 0.595 bits per heavy atom. The van der Waals surface area contributed by atoms with Crippen LogP contribution in [0.3, 0.4) is 0 Å². The van der Waals surface area contributed by atoms with E-state index in [1.807, 2.05) is 54.6 Å². The SMILES string of the molecule is c1ccc(-c2c(-c3cnccn3)c(-c3ncccn3)c(-c3cccnn3)c3nc(-c4nc5ccccc5s4)oc23)nc1. The Morgan fingerprint density at radius 2 is 1.43 bits per heavy atom. The predicted molar refractivity (Wildman–Crippen MR) is 159 cm³/mol. The van der Waals surface area contributed by atoms with Gasteiger partial charge >= 0.3 is 0 Å². The van der Waals surface area contributed by atoms with E-state index in [0.29, 0.717) is 67.2 Å². The summed E-state index contributed by atoms with van der Waals surface area (Å²) < 4.78 is 7.68. The van der Waals surface area contributed by atoms with Crippen molar-refractivity contribution in [2.75, 3.05) is 0 Å². The molecule has 8 rings (SSSR count). The highest BCUT2D eigenvalue weighted by atomic mass is 32.1. The number of oxazole rings is 1. The molecular weight excluding hydrogens is 546 g/mol. The van der Waals surface area contributed by atoms with E-state index in [9.17, 15) is 0 Å². The average Bonchev–Trinajstić information content (AvgIpc) is 3.70. The molecule has 0 saturated heterocycles. The number of benzene rings is 2. The lowest BCUT2D eigenvalue weighted by Crippen LogP contribution is -2.02. The van der Waals surface area contributed by atoms with Crippen molar-refractivity contribution >= 4 is 32.7 Å². The first-order chi connectivity index (χ1) is 20.8. The van der Waals surface area contributed by atoms with Crippen LogP contribution in [0.5, 0.6) is 0 Å². The van der Waals surface area contributed by atoms with E-state index < -0.39 is 0 Å². The molecule has 0 unspecified atom stereocenters. The third kappa shape index (κ3) is 3.99. The van der Waals surface area contributed by atoms with Gasteiger partial charge in [-0.3, -0.25) is 15.0 Å². The van der Waals surface area contributed by atoms with Crippen LogP contribution in [-0.4, -0.2) is 45.1 Å². The molecule has 0 aliphatic carbocycles. The van der Waals surface area contributed by atoms with Gasteiger partial charge in [0.05, 0.1) is 39.1 Å². The molecule has 42 heavy (non-hydrogen) atoms. The first-order valence-electron chi connectivity index (χ1n) is 12.9. The maximum absolute atomic E-state index is 6.64. The molecule has 0 fully saturated rings. The first-order valence-corrected chi connectivity index (χ1v) is 13.8. The van der Waals surface area contributed by atoms with Crippen molar-refractivity contribution in [1.29, 1.82) is 0 Å². The number of para-hydroxylation sites is 1. The molecule has 0 N–H and O–H groups in total. The van der Waals surface area contributed by atoms with Crippen molar-refractivity contribution in [2.45, 2.75) is 0 Å². The number of hydrogen-bond acceptors (Lipinski definition) is 11. The summed E-state index contributed by atoms with van der Waals surface area (Å²) in [4.78, 5) is 33.0. The molecule has 6 aromatic heterocycles. The number of thiazole rings is 1. The second-order valence-electron chi connectivity index (χ2n) is 9.17. The second-order valence-corrected chi connectivity index (χ2v) is 10.2. The number of fused-ring (bicyclic) bond motifs is 2. The van der Waals surface area contributed by atoms with Crippen molar-refractivity contribution in [2.24, 2.45) is 0 Å². The topological polar surface area (TPSA) is 129 Å². The van der Waals surface area contributed by atoms with Crippen LogP contribution in [-0.2, 0) is 0 Å². The molecule has 0 atom stereocenters. The minimum absolute atomic E-state index is 0.379. The maximum atomic E-state index is 6.64. The normalized spacial score (nSPS) is 11.3. The predicted octanol–water partition coefficient (Wildman–Crippen LogP) is 6.54. The van der Waals surface area contributed by atoms with E-state index >= 15 is 0 Å². The molecule has 0 bridgehead atoms. The summed E-state index contributed by atoms with van der Waals surface area (Å²) in [6.45, 7) is 0. The van der Waals surface area contributed by atoms with Crippen LogP contribution in [0, 0.1) is 0 Å². The molecule has 11 heteroatoms. The highest BCUT2D eigenvalue weighted by Gasteiger charge is 2.31. The van der Waals surface area contributed by atoms with Gasteiger partial charge in [0.2, 0.25) is 0 Å². The molecule has 198 valence electrons. The standard InChI is InChI=1S/C31H17N9OS/c1-2-10-22-18(7-1)38-31(42-22)30-39-27-24(20-9-5-14-37-40-20)26(29-35-12-6-13-36-29)23(21-17-32-15-16-34-21)25(28(27)41-30)19-8-3-4-11-33-19/h1-17H. The van der Waals surface area contributed by atoms with Crippen LogP contribution in [0.4, 0.5) is 0 Å². The van der Waals surface area contributed by atoms with Gasteiger partial charge in [0.1, 0.15) is 5.52 Å². The Hall–Kier alpha value is -5.81. The van der Waals surface area contributed by atoms with Gasteiger partial charge in [-0.1, -0.05) is 18.2 Å². The van der Waals surface area contributed by atoms with Gasteiger partial charge in [-0.2, -0.15) is 10.2 Å². The summed E-state index contributed by atoms with van der Waals surface area (Å²) >= 11 is 1.51. The first kappa shape index (κ1) is 24.0. The van der Waals surface area contributed by atoms with Crippen molar-refractivity contribution in [1.82, 2.24) is 45.1 Å². The zero-order valence-corrected chi connectivity index (χ0v) is 22.5. The second kappa shape index (κ2) is 9.98. The van der Waals surface area contributed by atoms with E-state index in [0.717, 1.165) is 10.2 Å². The van der Waals surface area contributed by atoms with Crippen LogP contribution in [0.25, 0.3) is 77.4 Å². The summed E-state index contributed by atoms with van der Waals surface area (Å²) in [6, 6.07) is 19.1. The van der Waals surface area contributed by atoms with E-state index in [2.05, 4.69) is 25.1 Å². The molecular formula is C31H17N9OS. The number of rotatable bonds is 5. The summed E-state index contributed by atoms with van der Waals surface area (Å²) in [5.41, 5.74) is 6.45. The Morgan fingerprint density at radius 3 is 2.21 bits per heavy atom. The molecule has 0 aliphatic rings. The fourth-order valence-corrected chi connectivity index (χ4v) is 5.86. The molecule has 2 aromatic carbocycles. The number of pyridine rings is 1. The van der Waals surface area contributed by atoms with Gasteiger partial charge in [-0.15, -0.1) is 11.3 Å². The molecule has 0 saturated carbocycles. The maximum Gasteiger partial charge on any atom is 0.257 e. The van der Waals surface area contributed by atoms with Gasteiger partial charge in [0.25, 0.3) is 5.89 Å². The molecule has 0 spiro atoms. The van der Waals surface area contributed by atoms with E-state index in [-0.39, 0.29) is 0 Å². The van der Waals surface area contributed by atoms with Crippen molar-refractivity contribution in [3.63, 3.8) is 0 Å². The highest BCUT2D eigenvalue weighted by molar-refractivity contribution is 7.21. The van der Waals surface area contributed by atoms with Crippen molar-refractivity contribution < 1.29 is 4.42 Å². The van der Waals surface area contributed by atoms with Crippen LogP contribution in [0.1, 0.15) is 0 Å². The number of aromatic nitrogens is 9. The zero-order chi connectivity index (χ0) is 27.9. The molecule has 0 aliphatic heterocycles. The summed E-state index contributed by atoms with van der Waals surface area (Å²) in [6.07, 6.45) is 11.7. The number of hydrogen-bond donors (Lipinski definition) is 0. The number of nitrogens with zero attached hydrogens (tertiary/aromatic N) is 9. The van der Waals surface area contributed by atoms with Gasteiger partial charge in [-0.05, 0) is 42.5 Å². The molecule has 6 heterocycles. The van der Waals surface area contributed by atoms with E-state index in [1.165, 1.54) is 11.3 Å². The Bertz CT molecular complexity index is 2030. The lowest BCUT2D eigenvalue weighted by molar-refractivity contribution is 0.620. The van der Waals surface area contributed by atoms with Crippen molar-refractivity contribution in [3.05, 3.63) is 104 Å². The minimum atomic E-state index is 0.379. The van der Waals surface area contributed by atoms with Crippen LogP contribution in [0.2, 0.25) is 0 Å². The molecule has 10 nitrogen and oxygen atoms in total. The third-order valence-electron chi connectivity index (χ3n) is 6.68. The smallest absolute Gasteiger partial charge is 0.257 e. The summed E-state index contributed by atoms with van der Waals surface area (Å²) in [5.74, 6) is 0.840. The highest BCUT2D eigenvalue weighted by Crippen LogP contribution is 2.49. The molecule has 0 radical (unpaired) electrons. The van der Waals surface area contributed by atoms with Gasteiger partial charge in [0.15, 0.2) is 16.4 Å². The monoisotopic (exact) mass is 563 g/mol. The van der Waals surface area contributed by atoms with Crippen LogP contribution in [0.15, 0.2) is 108 Å². The average molecular weight is 564 g/mol. The zero-order valence-electron chi connectivity index (χ0n) is 21.7. The van der Waals surface area contributed by atoms with Crippen LogP contribution >= 0.6 is 11.3 Å². The molecule has 8 aromatic rings. The Balaban J connectivity index is 1.58. The largest absolute Gasteiger partial charge is 0.433 e. The van der Waals surface area contributed by atoms with Gasteiger partial charge in [-0.25, -0.2) is 19.9 Å². The molecule has 0 amide bonds. The summed E-state index contributed by atoms with van der Waals surface area (Å²) in [7, 11) is 0. The van der Waals surface area contributed by atoms with Gasteiger partial charge in [0, 0.05) is 53.9 Å². The van der Waals surface area contributed by atoms with Crippen molar-refractivity contribution in [3.8, 4) is 56.1 Å². The third-order valence-corrected chi connectivity index (χ3v) is 7.70. The Labute approximate surface area is 241 Å². The lowest BCUT2D eigenvalue weighted by atomic mass is 9.88. The van der Waals surface area contributed by atoms with E-state index in [1.54, 1.807) is 49.4 Å². The summed E-state index contributed by atoms with van der Waals surface area (Å²) in [5, 5.41) is 9.32. The quantitative estimate of drug-likeness (QED) is 0.228. The van der Waals surface area contributed by atoms with Gasteiger partial charge < -0.3 is 4.42 Å². The fraction of sp³-hybridized carbons (Fsp3) is 0.